The Morgan fingerprint density at radius 2 is 1.70 bits per heavy atom. The van der Waals surface area contributed by atoms with E-state index in [1.165, 1.54) is 31.5 Å². The number of rotatable bonds is 8. The number of hydrogen-bond acceptors (Lipinski definition) is 6. The highest BCUT2D eigenvalue weighted by Crippen LogP contribution is 2.30. The fraction of sp³-hybridized carbons (Fsp3) is 0.240. The zero-order valence-corrected chi connectivity index (χ0v) is 19.3. The zero-order chi connectivity index (χ0) is 24.0. The fourth-order valence-corrected chi connectivity index (χ4v) is 3.84. The van der Waals surface area contributed by atoms with Gasteiger partial charge in [-0.25, -0.2) is 14.2 Å². The Labute approximate surface area is 197 Å². The highest BCUT2D eigenvalue weighted by molar-refractivity contribution is 7.80. The van der Waals surface area contributed by atoms with Crippen LogP contribution in [0.25, 0.3) is 0 Å². The van der Waals surface area contributed by atoms with Crippen LogP contribution in [-0.2, 0) is 9.53 Å². The summed E-state index contributed by atoms with van der Waals surface area (Å²) >= 11 is 5.31. The van der Waals surface area contributed by atoms with Gasteiger partial charge in [0.05, 0.1) is 7.11 Å². The molecular weight excluding hydrogens is 443 g/mol. The van der Waals surface area contributed by atoms with Gasteiger partial charge in [-0.3, -0.25) is 0 Å². The Bertz CT molecular complexity index is 1110. The van der Waals surface area contributed by atoms with Crippen molar-refractivity contribution in [3.8, 4) is 11.5 Å². The van der Waals surface area contributed by atoms with Crippen LogP contribution in [-0.4, -0.2) is 40.3 Å². The lowest BCUT2D eigenvalue weighted by atomic mass is 9.87. The minimum atomic E-state index is -0.808. The smallest absolute Gasteiger partial charge is 0.328 e. The molecule has 0 unspecified atom stereocenters. The van der Waals surface area contributed by atoms with Gasteiger partial charge in [-0.1, -0.05) is 54.7 Å². The molecule has 0 saturated carbocycles. The van der Waals surface area contributed by atoms with Crippen molar-refractivity contribution in [2.24, 2.45) is 0 Å². The summed E-state index contributed by atoms with van der Waals surface area (Å²) in [7, 11) is 1.42. The van der Waals surface area contributed by atoms with Crippen molar-refractivity contribution >= 4 is 23.2 Å². The second-order valence-electron chi connectivity index (χ2n) is 7.49. The first-order chi connectivity index (χ1) is 15.8. The van der Waals surface area contributed by atoms with E-state index in [0.29, 0.717) is 0 Å². The van der Waals surface area contributed by atoms with Crippen molar-refractivity contribution in [2.45, 2.75) is 31.9 Å². The number of methoxy groups -OCH3 is 1. The third-order valence-corrected chi connectivity index (χ3v) is 5.49. The zero-order valence-electron chi connectivity index (χ0n) is 18.5. The minimum Gasteiger partial charge on any atom is -0.503 e. The normalized spacial score (nSPS) is 13.5. The first kappa shape index (κ1) is 24.1. The van der Waals surface area contributed by atoms with E-state index in [1.807, 2.05) is 30.3 Å². The maximum atomic E-state index is 13.5. The molecule has 3 atom stereocenters. The molecule has 0 radical (unpaired) electrons. The Balaban J connectivity index is 1.74. The number of nitrogens with zero attached hydrogens (tertiary/aromatic N) is 1. The number of ether oxygens (including phenoxy) is 2. The van der Waals surface area contributed by atoms with Gasteiger partial charge in [0.15, 0.2) is 11.5 Å². The molecule has 1 heterocycles. The third kappa shape index (κ3) is 5.84. The summed E-state index contributed by atoms with van der Waals surface area (Å²) in [6.07, 6.45) is 0.895. The van der Waals surface area contributed by atoms with Crippen molar-refractivity contribution in [1.82, 2.24) is 10.3 Å². The van der Waals surface area contributed by atoms with Crippen molar-refractivity contribution < 1.29 is 23.8 Å². The molecule has 8 heteroatoms. The van der Waals surface area contributed by atoms with Crippen molar-refractivity contribution in [2.75, 3.05) is 7.11 Å². The number of pyridine rings is 1. The topological polar surface area (TPSA) is 80.7 Å². The maximum Gasteiger partial charge on any atom is 0.328 e. The van der Waals surface area contributed by atoms with Crippen LogP contribution < -0.4 is 10.1 Å². The lowest BCUT2D eigenvalue weighted by molar-refractivity contribution is -0.150. The second kappa shape index (κ2) is 10.9. The molecule has 0 aliphatic rings. The molecule has 33 heavy (non-hydrogen) atoms. The number of aromatic nitrogens is 1. The Kier molecular flexibility index (Phi) is 7.95. The molecular formula is C25H25FN2O4S. The molecule has 2 aromatic carbocycles. The summed E-state index contributed by atoms with van der Waals surface area (Å²) in [5, 5.41) is 13.1. The van der Waals surface area contributed by atoms with E-state index in [1.54, 1.807) is 26.0 Å². The summed E-state index contributed by atoms with van der Waals surface area (Å²) < 4.78 is 24.3. The van der Waals surface area contributed by atoms with E-state index in [-0.39, 0.29) is 33.9 Å². The number of hydrogen-bond donors (Lipinski definition) is 2. The molecule has 2 N–H and O–H groups in total. The number of halogens is 1. The maximum absolute atomic E-state index is 13.5. The lowest BCUT2D eigenvalue weighted by Gasteiger charge is -2.26. The van der Waals surface area contributed by atoms with Gasteiger partial charge in [0.2, 0.25) is 0 Å². The highest BCUT2D eigenvalue weighted by atomic mass is 32.1. The molecule has 172 valence electrons. The van der Waals surface area contributed by atoms with E-state index >= 15 is 0 Å². The summed E-state index contributed by atoms with van der Waals surface area (Å²) in [4.78, 5) is 17.0. The van der Waals surface area contributed by atoms with E-state index in [4.69, 9.17) is 21.7 Å². The first-order valence-corrected chi connectivity index (χ1v) is 10.8. The Morgan fingerprint density at radius 3 is 2.33 bits per heavy atom. The monoisotopic (exact) mass is 468 g/mol. The Hall–Kier alpha value is -3.52. The molecule has 0 bridgehead atoms. The minimum absolute atomic E-state index is 0.0849. The number of esters is 1. The standard InChI is InChI=1S/C25H25FN2O4S/c1-15(28-24(33)22-23(29)20(31-3)13-14-27-22)25(30)32-16(2)21(17-7-5-4-6-8-17)18-9-11-19(26)12-10-18/h4-16,21,29H,1-3H3,(H,28,33)/t15-,16-,21-/m0/s1. The lowest BCUT2D eigenvalue weighted by Crippen LogP contribution is -2.41. The van der Waals surface area contributed by atoms with Crippen LogP contribution in [0.4, 0.5) is 4.39 Å². The van der Waals surface area contributed by atoms with Crippen LogP contribution in [0.1, 0.15) is 36.6 Å². The molecule has 0 saturated heterocycles. The number of carbonyl (C=O) groups excluding carboxylic acids is 1. The van der Waals surface area contributed by atoms with Crippen molar-refractivity contribution in [3.05, 3.63) is 89.5 Å². The van der Waals surface area contributed by atoms with Gasteiger partial charge >= 0.3 is 5.97 Å². The molecule has 3 rings (SSSR count). The number of thiocarbonyl (C=S) groups is 1. The van der Waals surface area contributed by atoms with Gasteiger partial charge in [-0.15, -0.1) is 0 Å². The summed E-state index contributed by atoms with van der Waals surface area (Å²) in [6, 6.07) is 16.4. The molecule has 6 nitrogen and oxygen atoms in total. The number of benzene rings is 2. The van der Waals surface area contributed by atoms with E-state index in [0.717, 1.165) is 11.1 Å². The number of nitrogens with one attached hydrogen (secondary N) is 1. The van der Waals surface area contributed by atoms with Crippen LogP contribution in [0.15, 0.2) is 66.9 Å². The van der Waals surface area contributed by atoms with Crippen LogP contribution in [0.5, 0.6) is 11.5 Å². The van der Waals surface area contributed by atoms with E-state index in [2.05, 4.69) is 10.3 Å². The highest BCUT2D eigenvalue weighted by Gasteiger charge is 2.27. The molecule has 0 spiro atoms. The van der Waals surface area contributed by atoms with Crippen LogP contribution in [0.3, 0.4) is 0 Å². The summed E-state index contributed by atoms with van der Waals surface area (Å²) in [5.74, 6) is -1.16. The van der Waals surface area contributed by atoms with Crippen LogP contribution in [0, 0.1) is 5.82 Å². The third-order valence-electron chi connectivity index (χ3n) is 5.18. The summed E-state index contributed by atoms with van der Waals surface area (Å²) in [5.41, 5.74) is 1.86. The van der Waals surface area contributed by atoms with Gasteiger partial charge in [-0.2, -0.15) is 0 Å². The Morgan fingerprint density at radius 1 is 1.06 bits per heavy atom. The quantitative estimate of drug-likeness (QED) is 0.376. The van der Waals surface area contributed by atoms with Crippen molar-refractivity contribution in [1.29, 1.82) is 0 Å². The number of carbonyl (C=O) groups is 1. The van der Waals surface area contributed by atoms with Crippen LogP contribution >= 0.6 is 12.2 Å². The molecule has 1 aromatic heterocycles. The molecule has 0 aliphatic heterocycles. The van der Waals surface area contributed by atoms with Gasteiger partial charge in [0.25, 0.3) is 0 Å². The van der Waals surface area contributed by atoms with E-state index in [9.17, 15) is 14.3 Å². The first-order valence-electron chi connectivity index (χ1n) is 10.4. The van der Waals surface area contributed by atoms with E-state index < -0.39 is 18.1 Å². The fourth-order valence-electron chi connectivity index (χ4n) is 3.51. The average molecular weight is 469 g/mol. The van der Waals surface area contributed by atoms with Gasteiger partial charge in [0, 0.05) is 18.2 Å². The molecule has 0 aliphatic carbocycles. The van der Waals surface area contributed by atoms with Gasteiger partial charge < -0.3 is 19.9 Å². The van der Waals surface area contributed by atoms with Crippen LogP contribution in [0.2, 0.25) is 0 Å². The molecule has 3 aromatic rings. The van der Waals surface area contributed by atoms with Crippen molar-refractivity contribution in [3.63, 3.8) is 0 Å². The SMILES string of the molecule is COc1ccnc(C(=S)N[C@@H](C)C(=O)O[C@@H](C)[C@@H](c2ccccc2)c2ccc(F)cc2)c1O. The second-order valence-corrected chi connectivity index (χ2v) is 7.90. The molecule has 0 fully saturated rings. The largest absolute Gasteiger partial charge is 0.503 e. The summed E-state index contributed by atoms with van der Waals surface area (Å²) in [6.45, 7) is 3.40. The van der Waals surface area contributed by atoms with Gasteiger partial charge in [-0.05, 0) is 37.1 Å². The number of aromatic hydroxyl groups is 1. The molecule has 0 amide bonds. The average Bonchev–Trinajstić information content (AvgIpc) is 2.81. The predicted octanol–water partition coefficient (Wildman–Crippen LogP) is 4.35. The predicted molar refractivity (Wildman–Crippen MR) is 127 cm³/mol. The van der Waals surface area contributed by atoms with Gasteiger partial charge in [0.1, 0.15) is 28.6 Å².